The van der Waals surface area contributed by atoms with Crippen LogP contribution in [0.25, 0.3) is 0 Å². The Morgan fingerprint density at radius 1 is 1.30 bits per heavy atom. The molecule has 0 amide bonds. The molecule has 3 saturated carbocycles. The molecule has 4 aliphatic carbocycles. The molecule has 0 spiro atoms. The molecule has 0 radical (unpaired) electrons. The summed E-state index contributed by atoms with van der Waals surface area (Å²) in [6.45, 7) is 4.93. The predicted octanol–water partition coefficient (Wildman–Crippen LogP) is 3.25. The molecule has 0 aromatic carbocycles. The van der Waals surface area contributed by atoms with E-state index >= 15 is 4.39 Å². The van der Waals surface area contributed by atoms with Crippen LogP contribution in [0.3, 0.4) is 0 Å². The van der Waals surface area contributed by atoms with Crippen LogP contribution in [0, 0.1) is 28.6 Å². The third kappa shape index (κ3) is 3.45. The van der Waals surface area contributed by atoms with Crippen molar-refractivity contribution < 1.29 is 33.7 Å². The molecule has 0 aromatic heterocycles. The summed E-state index contributed by atoms with van der Waals surface area (Å²) in [5.74, 6) is -2.00. The van der Waals surface area contributed by atoms with Crippen LogP contribution in [0.5, 0.6) is 0 Å². The Bertz CT molecular complexity index is 910. The number of esters is 1. The van der Waals surface area contributed by atoms with E-state index in [9.17, 15) is 24.6 Å². The smallest absolute Gasteiger partial charge is 0.306 e. The largest absolute Gasteiger partial charge is 0.450 e. The fraction of sp³-hybridized carbons (Fsp3) is 0.731. The Balaban J connectivity index is 1.74. The summed E-state index contributed by atoms with van der Waals surface area (Å²) in [6, 6.07) is 0. The van der Waals surface area contributed by atoms with Crippen LogP contribution in [0.1, 0.15) is 65.7 Å². The maximum atomic E-state index is 15.5. The van der Waals surface area contributed by atoms with E-state index in [2.05, 4.69) is 0 Å². The Morgan fingerprint density at radius 2 is 2.03 bits per heavy atom. The van der Waals surface area contributed by atoms with Crippen molar-refractivity contribution in [3.05, 3.63) is 23.8 Å². The highest BCUT2D eigenvalue weighted by Crippen LogP contribution is 2.68. The average molecular weight is 463 g/mol. The first-order valence-electron chi connectivity index (χ1n) is 12.2. The number of aliphatic hydroxyl groups is 2. The molecule has 0 heterocycles. The number of hydrogen-bond acceptors (Lipinski definition) is 6. The zero-order chi connectivity index (χ0) is 24.2. The van der Waals surface area contributed by atoms with Crippen LogP contribution in [-0.2, 0) is 19.1 Å². The number of alkyl halides is 1. The number of fused-ring (bicyclic) bond motifs is 5. The summed E-state index contributed by atoms with van der Waals surface area (Å²) in [6.07, 6.45) is 5.12. The molecule has 8 atom stereocenters. The Morgan fingerprint density at radius 3 is 2.70 bits per heavy atom. The number of allylic oxidation sites excluding steroid dienone is 4. The van der Waals surface area contributed by atoms with Crippen molar-refractivity contribution in [3.8, 4) is 0 Å². The number of ketones is 2. The van der Waals surface area contributed by atoms with Gasteiger partial charge in [0.2, 0.25) is 5.78 Å². The van der Waals surface area contributed by atoms with Gasteiger partial charge in [0, 0.05) is 23.2 Å². The van der Waals surface area contributed by atoms with Gasteiger partial charge in [-0.25, -0.2) is 4.39 Å². The minimum atomic E-state index is -1.52. The molecule has 2 N–H and O–H groups in total. The number of aliphatic hydroxyl groups excluding tert-OH is 2. The lowest BCUT2D eigenvalue weighted by Gasteiger charge is -2.60. The fourth-order valence-corrected chi connectivity index (χ4v) is 7.70. The maximum absolute atomic E-state index is 15.5. The minimum absolute atomic E-state index is 0.150. The first-order valence-corrected chi connectivity index (χ1v) is 12.2. The van der Waals surface area contributed by atoms with E-state index in [-0.39, 0.29) is 49.2 Å². The number of carbonyl (C=O) groups excluding carboxylic acids is 3. The highest BCUT2D eigenvalue weighted by molar-refractivity contribution is 6.01. The third-order valence-corrected chi connectivity index (χ3v) is 9.21. The van der Waals surface area contributed by atoms with Crippen LogP contribution in [0.2, 0.25) is 0 Å². The SMILES string of the molecule is CCCCC(=O)O[C@]1(C(=O)CO)CC[C@H]2[C@@H]3C[C@H](F)C4=CC(=O)C=C[C@]4(C)[C@H]3[C@@H](O)C[C@@]21C. The lowest BCUT2D eigenvalue weighted by Crippen LogP contribution is -2.63. The molecule has 6 nitrogen and oxygen atoms in total. The number of hydrogen-bond donors (Lipinski definition) is 2. The quantitative estimate of drug-likeness (QED) is 0.588. The molecule has 4 aliphatic rings. The van der Waals surface area contributed by atoms with Gasteiger partial charge >= 0.3 is 5.97 Å². The molecule has 4 rings (SSSR count). The van der Waals surface area contributed by atoms with Crippen molar-refractivity contribution in [1.82, 2.24) is 0 Å². The molecule has 0 aromatic rings. The van der Waals surface area contributed by atoms with Crippen molar-refractivity contribution in [1.29, 1.82) is 0 Å². The number of ether oxygens (including phenoxy) is 1. The van der Waals surface area contributed by atoms with E-state index in [1.165, 1.54) is 12.2 Å². The number of rotatable bonds is 6. The molecule has 0 unspecified atom stereocenters. The zero-order valence-electron chi connectivity index (χ0n) is 19.7. The van der Waals surface area contributed by atoms with Crippen LogP contribution >= 0.6 is 0 Å². The van der Waals surface area contributed by atoms with Crippen LogP contribution < -0.4 is 0 Å². The van der Waals surface area contributed by atoms with Gasteiger partial charge in [-0.1, -0.05) is 33.3 Å². The second-order valence-corrected chi connectivity index (χ2v) is 10.8. The van der Waals surface area contributed by atoms with Gasteiger partial charge in [-0.3, -0.25) is 14.4 Å². The minimum Gasteiger partial charge on any atom is -0.450 e. The summed E-state index contributed by atoms with van der Waals surface area (Å²) < 4.78 is 21.4. The second kappa shape index (κ2) is 8.42. The standard InChI is InChI=1S/C26H35FO6/c1-4-5-6-22(32)33-26(21(31)14-28)10-8-17-16-12-19(27)18-11-15(29)7-9-24(18,2)23(16)20(30)13-25(17,26)3/h7,9,11,16-17,19-20,23,28,30H,4-6,8,10,12-14H2,1-3H3/t16-,17-,19-,20-,23+,24-,25-,26-/m0/s1. The monoisotopic (exact) mass is 462 g/mol. The molecule has 3 fully saturated rings. The highest BCUT2D eigenvalue weighted by atomic mass is 19.1. The van der Waals surface area contributed by atoms with Gasteiger partial charge in [0.1, 0.15) is 12.8 Å². The number of Topliss-reactive ketones (excluding diaryl/α,β-unsaturated/α-hetero) is 1. The van der Waals surface area contributed by atoms with Crippen LogP contribution in [0.4, 0.5) is 4.39 Å². The van der Waals surface area contributed by atoms with Crippen molar-refractivity contribution in [3.63, 3.8) is 0 Å². The van der Waals surface area contributed by atoms with E-state index in [4.69, 9.17) is 4.74 Å². The van der Waals surface area contributed by atoms with Gasteiger partial charge in [0.15, 0.2) is 11.4 Å². The normalized spacial score (nSPS) is 43.9. The van der Waals surface area contributed by atoms with Crippen LogP contribution in [-0.4, -0.2) is 52.2 Å². The van der Waals surface area contributed by atoms with Crippen molar-refractivity contribution in [2.75, 3.05) is 6.61 Å². The molecular weight excluding hydrogens is 427 g/mol. The first kappa shape index (κ1) is 24.3. The van der Waals surface area contributed by atoms with Crippen molar-refractivity contribution >= 4 is 17.5 Å². The van der Waals surface area contributed by atoms with Gasteiger partial charge in [-0.2, -0.15) is 0 Å². The molecule has 0 bridgehead atoms. The number of unbranched alkanes of at least 4 members (excludes halogenated alkanes) is 1. The van der Waals surface area contributed by atoms with Crippen molar-refractivity contribution in [2.24, 2.45) is 28.6 Å². The number of carbonyl (C=O) groups is 3. The van der Waals surface area contributed by atoms with Crippen molar-refractivity contribution in [2.45, 2.75) is 83.6 Å². The Hall–Kier alpha value is -1.86. The molecule has 7 heteroatoms. The lowest BCUT2D eigenvalue weighted by molar-refractivity contribution is -0.201. The van der Waals surface area contributed by atoms with Gasteiger partial charge in [-0.15, -0.1) is 0 Å². The van der Waals surface area contributed by atoms with E-state index in [1.807, 2.05) is 20.8 Å². The molecule has 33 heavy (non-hydrogen) atoms. The highest BCUT2D eigenvalue weighted by Gasteiger charge is 2.70. The second-order valence-electron chi connectivity index (χ2n) is 10.8. The molecular formula is C26H35FO6. The molecule has 0 aliphatic heterocycles. The van der Waals surface area contributed by atoms with E-state index in [1.54, 1.807) is 6.08 Å². The van der Waals surface area contributed by atoms with Crippen LogP contribution in [0.15, 0.2) is 23.8 Å². The van der Waals surface area contributed by atoms with E-state index in [0.717, 1.165) is 6.42 Å². The van der Waals surface area contributed by atoms with Gasteiger partial charge in [0.05, 0.1) is 6.10 Å². The summed E-state index contributed by atoms with van der Waals surface area (Å²) >= 11 is 0. The predicted molar refractivity (Wildman–Crippen MR) is 119 cm³/mol. The average Bonchev–Trinajstić information content (AvgIpc) is 3.05. The molecule has 0 saturated heterocycles. The summed E-state index contributed by atoms with van der Waals surface area (Å²) in [5, 5.41) is 21.3. The molecule has 182 valence electrons. The number of halogens is 1. The maximum Gasteiger partial charge on any atom is 0.306 e. The first-order chi connectivity index (χ1) is 15.5. The lowest BCUT2D eigenvalue weighted by atomic mass is 9.46. The zero-order valence-corrected chi connectivity index (χ0v) is 19.7. The van der Waals surface area contributed by atoms with Gasteiger partial charge in [0.25, 0.3) is 0 Å². The van der Waals surface area contributed by atoms with Gasteiger partial charge < -0.3 is 14.9 Å². The van der Waals surface area contributed by atoms with Gasteiger partial charge in [-0.05, 0) is 61.7 Å². The summed E-state index contributed by atoms with van der Waals surface area (Å²) in [7, 11) is 0. The van der Waals surface area contributed by atoms with E-state index < -0.39 is 47.1 Å². The summed E-state index contributed by atoms with van der Waals surface area (Å²) in [4.78, 5) is 37.7. The Kier molecular flexibility index (Phi) is 6.19. The topological polar surface area (TPSA) is 101 Å². The Labute approximate surface area is 194 Å². The fourth-order valence-electron chi connectivity index (χ4n) is 7.70. The third-order valence-electron chi connectivity index (χ3n) is 9.21. The van der Waals surface area contributed by atoms with E-state index in [0.29, 0.717) is 18.4 Å². The summed E-state index contributed by atoms with van der Waals surface area (Å²) in [5.41, 5.74) is -2.81.